The molecule has 0 bridgehead atoms. The molecule has 0 radical (unpaired) electrons. The van der Waals surface area contributed by atoms with Crippen LogP contribution in [0, 0.1) is 0 Å². The largest absolute Gasteiger partial charge is 0.497 e. The molecule has 1 amide bonds. The van der Waals surface area contributed by atoms with Crippen molar-refractivity contribution in [1.29, 1.82) is 0 Å². The summed E-state index contributed by atoms with van der Waals surface area (Å²) < 4.78 is 5.10. The smallest absolute Gasteiger partial charge is 0.250 e. The molecule has 0 spiro atoms. The minimum absolute atomic E-state index is 0.167. The Morgan fingerprint density at radius 2 is 1.57 bits per heavy atom. The number of para-hydroxylation sites is 1. The fourth-order valence-electron chi connectivity index (χ4n) is 1.83. The van der Waals surface area contributed by atoms with Gasteiger partial charge in [-0.15, -0.1) is 0 Å². The number of carbonyl (C=O) groups excluding carboxylic acids is 1. The average molecular weight is 282 g/mol. The van der Waals surface area contributed by atoms with E-state index in [2.05, 4.69) is 10.6 Å². The summed E-state index contributed by atoms with van der Waals surface area (Å²) in [4.78, 5) is 11.9. The molecule has 21 heavy (non-hydrogen) atoms. The first-order valence-electron chi connectivity index (χ1n) is 6.63. The Hall–Kier alpha value is -2.75. The normalized spacial score (nSPS) is 10.9. The molecule has 0 fully saturated rings. The average Bonchev–Trinajstić information content (AvgIpc) is 2.48. The van der Waals surface area contributed by atoms with Crippen LogP contribution in [0.25, 0.3) is 0 Å². The molecule has 4 heteroatoms. The molecule has 2 aromatic rings. The summed E-state index contributed by atoms with van der Waals surface area (Å²) in [6.07, 6.45) is 1.53. The first-order valence-corrected chi connectivity index (χ1v) is 6.63. The van der Waals surface area contributed by atoms with Crippen LogP contribution in [-0.4, -0.2) is 13.0 Å². The lowest BCUT2D eigenvalue weighted by molar-refractivity contribution is -0.111. The van der Waals surface area contributed by atoms with E-state index in [1.165, 1.54) is 6.08 Å². The van der Waals surface area contributed by atoms with Gasteiger partial charge in [-0.25, -0.2) is 0 Å². The van der Waals surface area contributed by atoms with Crippen molar-refractivity contribution in [2.75, 3.05) is 17.7 Å². The van der Waals surface area contributed by atoms with E-state index >= 15 is 0 Å². The summed E-state index contributed by atoms with van der Waals surface area (Å²) >= 11 is 0. The van der Waals surface area contributed by atoms with Gasteiger partial charge in [0.2, 0.25) is 5.91 Å². The maximum atomic E-state index is 11.9. The van der Waals surface area contributed by atoms with Crippen LogP contribution in [0.3, 0.4) is 0 Å². The molecular formula is C17H18N2O2. The van der Waals surface area contributed by atoms with Gasteiger partial charge >= 0.3 is 0 Å². The Morgan fingerprint density at radius 3 is 2.19 bits per heavy atom. The van der Waals surface area contributed by atoms with Gasteiger partial charge in [-0.3, -0.25) is 4.79 Å². The quantitative estimate of drug-likeness (QED) is 0.823. The Labute approximate surface area is 124 Å². The second-order valence-corrected chi connectivity index (χ2v) is 4.54. The van der Waals surface area contributed by atoms with Gasteiger partial charge < -0.3 is 15.4 Å². The third kappa shape index (κ3) is 4.69. The summed E-state index contributed by atoms with van der Waals surface area (Å²) in [6, 6.07) is 16.9. The predicted molar refractivity (Wildman–Crippen MR) is 85.4 cm³/mol. The SMILES string of the molecule is COc1ccc(N/C(C)=C\C(=O)Nc2ccccc2)cc1. The molecule has 0 aliphatic carbocycles. The van der Waals surface area contributed by atoms with E-state index in [0.29, 0.717) is 0 Å². The maximum Gasteiger partial charge on any atom is 0.250 e. The van der Waals surface area contributed by atoms with Crippen molar-refractivity contribution >= 4 is 17.3 Å². The molecule has 2 N–H and O–H groups in total. The zero-order chi connectivity index (χ0) is 15.1. The number of ether oxygens (including phenoxy) is 1. The summed E-state index contributed by atoms with van der Waals surface area (Å²) in [5, 5.41) is 5.96. The summed E-state index contributed by atoms with van der Waals surface area (Å²) in [5.74, 6) is 0.628. The highest BCUT2D eigenvalue weighted by Crippen LogP contribution is 2.16. The zero-order valence-corrected chi connectivity index (χ0v) is 12.1. The van der Waals surface area contributed by atoms with Gasteiger partial charge in [0.25, 0.3) is 0 Å². The Bertz CT molecular complexity index is 619. The van der Waals surface area contributed by atoms with Crippen molar-refractivity contribution in [1.82, 2.24) is 0 Å². The first-order chi connectivity index (χ1) is 10.2. The highest BCUT2D eigenvalue weighted by molar-refractivity contribution is 5.99. The van der Waals surface area contributed by atoms with Gasteiger partial charge in [0.05, 0.1) is 7.11 Å². The monoisotopic (exact) mass is 282 g/mol. The minimum Gasteiger partial charge on any atom is -0.497 e. The molecule has 0 unspecified atom stereocenters. The predicted octanol–water partition coefficient (Wildman–Crippen LogP) is 3.65. The summed E-state index contributed by atoms with van der Waals surface area (Å²) in [7, 11) is 1.63. The first kappa shape index (κ1) is 14.7. The van der Waals surface area contributed by atoms with E-state index < -0.39 is 0 Å². The number of rotatable bonds is 5. The van der Waals surface area contributed by atoms with E-state index in [1.807, 2.05) is 61.5 Å². The Balaban J connectivity index is 1.95. The number of amides is 1. The van der Waals surface area contributed by atoms with Crippen LogP contribution in [-0.2, 0) is 4.79 Å². The number of benzene rings is 2. The molecule has 0 aliphatic rings. The van der Waals surface area contributed by atoms with Crippen molar-refractivity contribution in [2.45, 2.75) is 6.92 Å². The van der Waals surface area contributed by atoms with Crippen LogP contribution in [0.15, 0.2) is 66.4 Å². The van der Waals surface area contributed by atoms with Crippen molar-refractivity contribution in [3.8, 4) is 5.75 Å². The van der Waals surface area contributed by atoms with Gasteiger partial charge in [-0.1, -0.05) is 18.2 Å². The third-order valence-corrected chi connectivity index (χ3v) is 2.82. The van der Waals surface area contributed by atoms with E-state index in [9.17, 15) is 4.79 Å². The highest BCUT2D eigenvalue weighted by atomic mass is 16.5. The molecule has 4 nitrogen and oxygen atoms in total. The van der Waals surface area contributed by atoms with Crippen LogP contribution in [0.4, 0.5) is 11.4 Å². The van der Waals surface area contributed by atoms with Crippen LogP contribution < -0.4 is 15.4 Å². The molecule has 2 aromatic carbocycles. The van der Waals surface area contributed by atoms with Gasteiger partial charge in [-0.2, -0.15) is 0 Å². The van der Waals surface area contributed by atoms with Gasteiger partial charge in [0.1, 0.15) is 5.75 Å². The lowest BCUT2D eigenvalue weighted by Gasteiger charge is -2.08. The minimum atomic E-state index is -0.167. The van der Waals surface area contributed by atoms with Gasteiger partial charge in [0, 0.05) is 23.1 Å². The standard InChI is InChI=1S/C17H18N2O2/c1-13(18-15-8-10-16(21-2)11-9-15)12-17(20)19-14-6-4-3-5-7-14/h3-12,18H,1-2H3,(H,19,20)/b13-12-. The number of hydrogen-bond donors (Lipinski definition) is 2. The summed E-state index contributed by atoms with van der Waals surface area (Å²) in [6.45, 7) is 1.84. The van der Waals surface area contributed by atoms with E-state index in [4.69, 9.17) is 4.74 Å². The van der Waals surface area contributed by atoms with E-state index in [-0.39, 0.29) is 5.91 Å². The third-order valence-electron chi connectivity index (χ3n) is 2.82. The highest BCUT2D eigenvalue weighted by Gasteiger charge is 2.00. The zero-order valence-electron chi connectivity index (χ0n) is 12.1. The Kier molecular flexibility index (Phi) is 4.99. The van der Waals surface area contributed by atoms with Crippen LogP contribution in [0.1, 0.15) is 6.92 Å². The molecule has 0 saturated heterocycles. The number of allylic oxidation sites excluding steroid dienone is 1. The summed E-state index contributed by atoms with van der Waals surface area (Å²) in [5.41, 5.74) is 2.43. The molecule has 0 heterocycles. The topological polar surface area (TPSA) is 50.4 Å². The molecular weight excluding hydrogens is 264 g/mol. The van der Waals surface area contributed by atoms with Crippen molar-refractivity contribution in [3.05, 3.63) is 66.4 Å². The number of hydrogen-bond acceptors (Lipinski definition) is 3. The van der Waals surface area contributed by atoms with E-state index in [0.717, 1.165) is 22.8 Å². The van der Waals surface area contributed by atoms with Crippen LogP contribution in [0.2, 0.25) is 0 Å². The van der Waals surface area contributed by atoms with Crippen molar-refractivity contribution in [2.24, 2.45) is 0 Å². The maximum absolute atomic E-state index is 11.9. The van der Waals surface area contributed by atoms with E-state index in [1.54, 1.807) is 7.11 Å². The number of carbonyl (C=O) groups is 1. The fourth-order valence-corrected chi connectivity index (χ4v) is 1.83. The Morgan fingerprint density at radius 1 is 0.952 bits per heavy atom. The molecule has 0 aliphatic heterocycles. The van der Waals surface area contributed by atoms with Gasteiger partial charge in [0.15, 0.2) is 0 Å². The van der Waals surface area contributed by atoms with Gasteiger partial charge in [-0.05, 0) is 43.3 Å². The number of nitrogens with one attached hydrogen (secondary N) is 2. The fraction of sp³-hybridized carbons (Fsp3) is 0.118. The number of anilines is 2. The molecule has 0 aromatic heterocycles. The van der Waals surface area contributed by atoms with Crippen LogP contribution >= 0.6 is 0 Å². The second-order valence-electron chi connectivity index (χ2n) is 4.54. The second kappa shape index (κ2) is 7.14. The number of methoxy groups -OCH3 is 1. The van der Waals surface area contributed by atoms with Crippen molar-refractivity contribution < 1.29 is 9.53 Å². The molecule has 2 rings (SSSR count). The molecule has 0 atom stereocenters. The molecule has 0 saturated carbocycles. The van der Waals surface area contributed by atoms with Crippen LogP contribution in [0.5, 0.6) is 5.75 Å². The lowest BCUT2D eigenvalue weighted by Crippen LogP contribution is -2.10. The van der Waals surface area contributed by atoms with Crippen molar-refractivity contribution in [3.63, 3.8) is 0 Å². The molecule has 108 valence electrons. The lowest BCUT2D eigenvalue weighted by atomic mass is 10.3.